The van der Waals surface area contributed by atoms with Crippen molar-refractivity contribution < 1.29 is 19.0 Å². The highest BCUT2D eigenvalue weighted by Gasteiger charge is 2.25. The first-order valence-electron chi connectivity index (χ1n) is 10.9. The fraction of sp³-hybridized carbons (Fsp3) is 0.107. The number of methoxy groups -OCH3 is 2. The Bertz CT molecular complexity index is 1480. The van der Waals surface area contributed by atoms with Crippen LogP contribution in [0.2, 0.25) is 0 Å². The van der Waals surface area contributed by atoms with Gasteiger partial charge >= 0.3 is 5.97 Å². The number of ether oxygens (including phenoxy) is 3. The Kier molecular flexibility index (Phi) is 6.25. The molecule has 0 unspecified atom stereocenters. The average molecular weight is 483 g/mol. The highest BCUT2D eigenvalue weighted by molar-refractivity contribution is 7.99. The summed E-state index contributed by atoms with van der Waals surface area (Å²) in [5.74, 6) is 1.20. The van der Waals surface area contributed by atoms with E-state index in [1.54, 1.807) is 44.6 Å². The van der Waals surface area contributed by atoms with Gasteiger partial charge in [-0.2, -0.15) is 0 Å². The number of carbonyl (C=O) groups excluding carboxylic acids is 1. The number of fused-ring (bicyclic) bond motifs is 1. The summed E-state index contributed by atoms with van der Waals surface area (Å²) in [7, 11) is 3.23. The molecule has 3 aromatic carbocycles. The number of aryl methyl sites for hydroxylation is 1. The molecule has 0 spiro atoms. The van der Waals surface area contributed by atoms with E-state index in [0.717, 1.165) is 32.1 Å². The fourth-order valence-corrected chi connectivity index (χ4v) is 4.47. The molecule has 0 N–H and O–H groups in total. The van der Waals surface area contributed by atoms with Gasteiger partial charge in [0.1, 0.15) is 16.5 Å². The van der Waals surface area contributed by atoms with Gasteiger partial charge in [0.05, 0.1) is 19.7 Å². The van der Waals surface area contributed by atoms with Gasteiger partial charge in [-0.1, -0.05) is 29.5 Å². The molecular formula is C28H22N2O4S. The molecule has 0 atom stereocenters. The number of nitrogens with zero attached hydrogens (tertiary/aromatic N) is 2. The van der Waals surface area contributed by atoms with Crippen molar-refractivity contribution >= 4 is 40.6 Å². The van der Waals surface area contributed by atoms with Gasteiger partial charge in [-0.15, -0.1) is 0 Å². The van der Waals surface area contributed by atoms with E-state index in [2.05, 4.69) is 36.2 Å². The van der Waals surface area contributed by atoms with Crippen LogP contribution in [0.15, 0.2) is 93.4 Å². The molecule has 0 saturated heterocycles. The van der Waals surface area contributed by atoms with Gasteiger partial charge in [-0.3, -0.25) is 0 Å². The topological polar surface area (TPSA) is 70.0 Å². The number of rotatable bonds is 6. The maximum atomic E-state index is 12.7. The minimum atomic E-state index is -0.507. The molecule has 0 amide bonds. The maximum Gasteiger partial charge on any atom is 0.363 e. The molecule has 174 valence electrons. The van der Waals surface area contributed by atoms with E-state index in [1.807, 2.05) is 24.3 Å². The number of carbonyl (C=O) groups is 1. The van der Waals surface area contributed by atoms with E-state index < -0.39 is 5.97 Å². The Labute approximate surface area is 207 Å². The summed E-state index contributed by atoms with van der Waals surface area (Å²) in [6.45, 7) is 2.05. The van der Waals surface area contributed by atoms with Crippen molar-refractivity contribution in [1.82, 2.24) is 4.98 Å². The number of hydrogen-bond donors (Lipinski definition) is 0. The van der Waals surface area contributed by atoms with Gasteiger partial charge in [-0.25, -0.2) is 14.8 Å². The van der Waals surface area contributed by atoms with Crippen molar-refractivity contribution in [2.75, 3.05) is 14.2 Å². The number of esters is 1. The first kappa shape index (κ1) is 22.7. The van der Waals surface area contributed by atoms with E-state index in [0.29, 0.717) is 11.3 Å². The maximum absolute atomic E-state index is 12.7. The zero-order chi connectivity index (χ0) is 24.4. The summed E-state index contributed by atoms with van der Waals surface area (Å²) in [6.07, 6.45) is 1.72. The standard InChI is InChI=1S/C28H22N2O4S/c1-17-4-11-23(12-5-17)35-27-20(14-19-15-22(33-3)10-13-24(19)30-27)16-25-28(31)34-26(29-25)18-6-8-21(32-2)9-7-18/h4-16H,1-3H3. The molecule has 1 aliphatic rings. The third-order valence-corrected chi connectivity index (χ3v) is 6.53. The normalized spacial score (nSPS) is 14.2. The van der Waals surface area contributed by atoms with Crippen LogP contribution in [0, 0.1) is 6.92 Å². The lowest BCUT2D eigenvalue weighted by Gasteiger charge is -2.09. The summed E-state index contributed by atoms with van der Waals surface area (Å²) < 4.78 is 16.0. The molecule has 0 aliphatic carbocycles. The predicted octanol–water partition coefficient (Wildman–Crippen LogP) is 6.06. The lowest BCUT2D eigenvalue weighted by Crippen LogP contribution is -2.05. The minimum absolute atomic E-state index is 0.214. The molecule has 35 heavy (non-hydrogen) atoms. The molecular weight excluding hydrogens is 460 g/mol. The van der Waals surface area contributed by atoms with Crippen LogP contribution in [-0.2, 0) is 9.53 Å². The number of aliphatic imine (C=N–C) groups is 1. The van der Waals surface area contributed by atoms with Crippen molar-refractivity contribution in [3.63, 3.8) is 0 Å². The monoisotopic (exact) mass is 482 g/mol. The molecule has 0 fully saturated rings. The first-order valence-corrected chi connectivity index (χ1v) is 11.7. The van der Waals surface area contributed by atoms with Gasteiger partial charge in [0.25, 0.3) is 0 Å². The number of aromatic nitrogens is 1. The molecule has 2 heterocycles. The smallest absolute Gasteiger partial charge is 0.363 e. The van der Waals surface area contributed by atoms with Crippen LogP contribution in [0.1, 0.15) is 16.7 Å². The number of hydrogen-bond acceptors (Lipinski definition) is 7. The van der Waals surface area contributed by atoms with Crippen LogP contribution in [0.25, 0.3) is 17.0 Å². The van der Waals surface area contributed by atoms with E-state index in [-0.39, 0.29) is 11.6 Å². The highest BCUT2D eigenvalue weighted by atomic mass is 32.2. The second-order valence-electron chi connectivity index (χ2n) is 7.92. The summed E-state index contributed by atoms with van der Waals surface area (Å²) >= 11 is 1.53. The van der Waals surface area contributed by atoms with Crippen LogP contribution in [0.5, 0.6) is 11.5 Å². The summed E-state index contributed by atoms with van der Waals surface area (Å²) in [5, 5.41) is 1.66. The van der Waals surface area contributed by atoms with Gasteiger partial charge in [-0.05, 0) is 73.7 Å². The van der Waals surface area contributed by atoms with E-state index >= 15 is 0 Å². The number of benzene rings is 3. The molecule has 6 nitrogen and oxygen atoms in total. The number of cyclic esters (lactones) is 1. The van der Waals surface area contributed by atoms with Crippen molar-refractivity contribution in [1.29, 1.82) is 0 Å². The van der Waals surface area contributed by atoms with Crippen molar-refractivity contribution in [3.05, 3.63) is 95.2 Å². The second-order valence-corrected chi connectivity index (χ2v) is 8.98. The zero-order valence-electron chi connectivity index (χ0n) is 19.4. The van der Waals surface area contributed by atoms with E-state index in [9.17, 15) is 4.79 Å². The first-order chi connectivity index (χ1) is 17.0. The van der Waals surface area contributed by atoms with Crippen molar-refractivity contribution in [2.24, 2.45) is 4.99 Å². The molecule has 0 radical (unpaired) electrons. The minimum Gasteiger partial charge on any atom is -0.497 e. The number of pyridine rings is 1. The third kappa shape index (κ3) is 4.90. The molecule has 1 aliphatic heterocycles. The second kappa shape index (κ2) is 9.64. The fourth-order valence-electron chi connectivity index (χ4n) is 3.60. The van der Waals surface area contributed by atoms with Crippen LogP contribution in [0.3, 0.4) is 0 Å². The quantitative estimate of drug-likeness (QED) is 0.246. The Morgan fingerprint density at radius 1 is 0.886 bits per heavy atom. The van der Waals surface area contributed by atoms with Crippen LogP contribution < -0.4 is 9.47 Å². The summed E-state index contributed by atoms with van der Waals surface area (Å²) in [4.78, 5) is 23.1. The SMILES string of the molecule is COc1ccc(C2=NC(=Cc3cc4cc(OC)ccc4nc3Sc3ccc(C)cc3)C(=O)O2)cc1. The molecule has 5 rings (SSSR count). The van der Waals surface area contributed by atoms with Crippen molar-refractivity contribution in [3.8, 4) is 11.5 Å². The van der Waals surface area contributed by atoms with Crippen LogP contribution in [0.4, 0.5) is 0 Å². The highest BCUT2D eigenvalue weighted by Crippen LogP contribution is 2.34. The Morgan fingerprint density at radius 2 is 1.60 bits per heavy atom. The van der Waals surface area contributed by atoms with Crippen LogP contribution >= 0.6 is 11.8 Å². The largest absolute Gasteiger partial charge is 0.497 e. The molecule has 1 aromatic heterocycles. The van der Waals surface area contributed by atoms with E-state index in [4.69, 9.17) is 19.2 Å². The lowest BCUT2D eigenvalue weighted by atomic mass is 10.1. The molecule has 4 aromatic rings. The zero-order valence-corrected chi connectivity index (χ0v) is 20.3. The van der Waals surface area contributed by atoms with E-state index in [1.165, 1.54) is 17.3 Å². The lowest BCUT2D eigenvalue weighted by molar-refractivity contribution is -0.129. The molecule has 0 saturated carbocycles. The summed E-state index contributed by atoms with van der Waals surface area (Å²) in [5.41, 5.74) is 3.69. The van der Waals surface area contributed by atoms with Gasteiger partial charge in [0.2, 0.25) is 5.90 Å². The Balaban J connectivity index is 1.57. The Hall–Kier alpha value is -4.10. The van der Waals surface area contributed by atoms with Crippen LogP contribution in [-0.4, -0.2) is 31.1 Å². The van der Waals surface area contributed by atoms with Gasteiger partial charge in [0, 0.05) is 21.4 Å². The average Bonchev–Trinajstić information content (AvgIpc) is 3.25. The van der Waals surface area contributed by atoms with Gasteiger partial charge in [0.15, 0.2) is 5.70 Å². The molecule has 7 heteroatoms. The third-order valence-electron chi connectivity index (χ3n) is 5.50. The summed E-state index contributed by atoms with van der Waals surface area (Å²) in [6, 6.07) is 23.1. The van der Waals surface area contributed by atoms with Crippen molar-refractivity contribution in [2.45, 2.75) is 16.8 Å². The predicted molar refractivity (Wildman–Crippen MR) is 137 cm³/mol. The Morgan fingerprint density at radius 3 is 2.31 bits per heavy atom. The van der Waals surface area contributed by atoms with Gasteiger partial charge < -0.3 is 14.2 Å². The molecule has 0 bridgehead atoms.